The molecule has 2 aromatic carbocycles. The van der Waals surface area contributed by atoms with E-state index in [1.165, 1.54) is 16.7 Å². The van der Waals surface area contributed by atoms with Crippen molar-refractivity contribution in [3.05, 3.63) is 75.3 Å². The Kier molecular flexibility index (Phi) is 9.00. The number of aromatic nitrogens is 1. The molecule has 0 atom stereocenters. The summed E-state index contributed by atoms with van der Waals surface area (Å²) in [5, 5.41) is 3.11. The number of nitrogens with zero attached hydrogens (tertiary/aromatic N) is 3. The lowest BCUT2D eigenvalue weighted by atomic mass is 9.89. The second kappa shape index (κ2) is 11.9. The van der Waals surface area contributed by atoms with Crippen molar-refractivity contribution in [1.29, 1.82) is 0 Å². The maximum atomic E-state index is 14.1. The van der Waals surface area contributed by atoms with E-state index in [2.05, 4.69) is 95.1 Å². The van der Waals surface area contributed by atoms with E-state index in [0.717, 1.165) is 34.8 Å². The summed E-state index contributed by atoms with van der Waals surface area (Å²) >= 11 is 1.65. The minimum atomic E-state index is -3.61. The molecule has 0 unspecified atom stereocenters. The Morgan fingerprint density at radius 2 is 1.39 bits per heavy atom. The summed E-state index contributed by atoms with van der Waals surface area (Å²) < 4.78 is 29.9. The number of piperazine rings is 1. The summed E-state index contributed by atoms with van der Waals surface area (Å²) in [7, 11) is -3.61. The van der Waals surface area contributed by atoms with E-state index in [0.29, 0.717) is 37.0 Å². The Balaban J connectivity index is 1.51. The number of aryl methyl sites for hydroxylation is 1. The number of sulfonamides is 1. The van der Waals surface area contributed by atoms with Crippen molar-refractivity contribution in [2.24, 2.45) is 0 Å². The maximum Gasteiger partial charge on any atom is 0.243 e. The first-order valence-electron chi connectivity index (χ1n) is 14.0. The third-order valence-corrected chi connectivity index (χ3v) is 10.5. The largest absolute Gasteiger partial charge is 0.345 e. The van der Waals surface area contributed by atoms with Gasteiger partial charge in [-0.1, -0.05) is 84.9 Å². The third-order valence-electron chi connectivity index (χ3n) is 7.54. The van der Waals surface area contributed by atoms with Crippen molar-refractivity contribution in [2.45, 2.75) is 84.0 Å². The van der Waals surface area contributed by atoms with Crippen molar-refractivity contribution < 1.29 is 8.42 Å². The molecule has 3 aromatic rings. The molecule has 2 heterocycles. The molecular weight excluding hydrogens is 510 g/mol. The predicted octanol–water partition coefficient (Wildman–Crippen LogP) is 7.18. The fourth-order valence-electron chi connectivity index (χ4n) is 5.06. The minimum absolute atomic E-state index is 0.129. The lowest BCUT2D eigenvalue weighted by molar-refractivity contribution is 0.383. The van der Waals surface area contributed by atoms with Crippen LogP contribution in [0.2, 0.25) is 0 Å². The average Bonchev–Trinajstić information content (AvgIpc) is 3.36. The highest BCUT2D eigenvalue weighted by molar-refractivity contribution is 7.89. The van der Waals surface area contributed by atoms with E-state index >= 15 is 0 Å². The van der Waals surface area contributed by atoms with Gasteiger partial charge in [-0.15, -0.1) is 11.3 Å². The first-order valence-corrected chi connectivity index (χ1v) is 16.3. The van der Waals surface area contributed by atoms with Gasteiger partial charge in [-0.05, 0) is 52.0 Å². The molecule has 1 aromatic heterocycles. The van der Waals surface area contributed by atoms with Crippen molar-refractivity contribution in [1.82, 2.24) is 9.29 Å². The molecule has 0 aliphatic carbocycles. The lowest BCUT2D eigenvalue weighted by Gasteiger charge is -2.35. The van der Waals surface area contributed by atoms with Crippen molar-refractivity contribution in [2.75, 3.05) is 31.1 Å². The lowest BCUT2D eigenvalue weighted by Crippen LogP contribution is -2.49. The number of benzene rings is 2. The van der Waals surface area contributed by atoms with E-state index in [9.17, 15) is 8.42 Å². The fourth-order valence-corrected chi connectivity index (χ4v) is 8.03. The normalized spacial score (nSPS) is 15.3. The highest BCUT2D eigenvalue weighted by Crippen LogP contribution is 2.37. The van der Waals surface area contributed by atoms with E-state index in [1.54, 1.807) is 15.6 Å². The zero-order valence-corrected chi connectivity index (χ0v) is 25.6. The molecule has 4 rings (SSSR count). The van der Waals surface area contributed by atoms with Crippen LogP contribution in [0.1, 0.15) is 99.7 Å². The van der Waals surface area contributed by atoms with Gasteiger partial charge in [0, 0.05) is 38.0 Å². The highest BCUT2D eigenvalue weighted by Gasteiger charge is 2.34. The van der Waals surface area contributed by atoms with Crippen LogP contribution in [0.15, 0.2) is 46.7 Å². The van der Waals surface area contributed by atoms with Crippen molar-refractivity contribution in [3.8, 4) is 0 Å². The molecule has 7 heteroatoms. The van der Waals surface area contributed by atoms with Crippen LogP contribution in [-0.2, 0) is 22.9 Å². The van der Waals surface area contributed by atoms with Crippen LogP contribution in [0.25, 0.3) is 0 Å². The van der Waals surface area contributed by atoms with Crippen LogP contribution in [0, 0.1) is 0 Å². The standard InChI is InChI=1S/C31H43N3O2S2/c1-8-24-9-11-25(12-10-24)17-27-20-37-31(32-27)33-13-15-34(16-14-33)38(35,36)30-28(22(4)5)18-26(21(2)3)19-29(30)23(6)7/h9-12,18-23H,8,13-17H2,1-7H3. The molecular formula is C31H43N3O2S2. The molecule has 1 saturated heterocycles. The van der Waals surface area contributed by atoms with Gasteiger partial charge in [0.25, 0.3) is 0 Å². The van der Waals surface area contributed by atoms with Crippen LogP contribution < -0.4 is 4.90 Å². The van der Waals surface area contributed by atoms with Gasteiger partial charge in [0.1, 0.15) is 0 Å². The van der Waals surface area contributed by atoms with Gasteiger partial charge >= 0.3 is 0 Å². The van der Waals surface area contributed by atoms with Gasteiger partial charge in [-0.2, -0.15) is 4.31 Å². The molecule has 5 nitrogen and oxygen atoms in total. The number of hydrogen-bond donors (Lipinski definition) is 0. The summed E-state index contributed by atoms with van der Waals surface area (Å²) in [5.41, 5.74) is 6.77. The summed E-state index contributed by atoms with van der Waals surface area (Å²) in [6.07, 6.45) is 1.86. The van der Waals surface area contributed by atoms with Crippen LogP contribution in [0.5, 0.6) is 0 Å². The quantitative estimate of drug-likeness (QED) is 0.282. The Morgan fingerprint density at radius 3 is 1.89 bits per heavy atom. The number of rotatable bonds is 9. The SMILES string of the molecule is CCc1ccc(Cc2csc(N3CCN(S(=O)(=O)c4c(C(C)C)cc(C(C)C)cc4C(C)C)CC3)n2)cc1. The Bertz CT molecular complexity index is 1300. The van der Waals surface area contributed by atoms with E-state index in [-0.39, 0.29) is 11.8 Å². The first kappa shape index (κ1) is 28.8. The minimum Gasteiger partial charge on any atom is -0.345 e. The molecule has 1 aliphatic rings. The molecule has 0 N–H and O–H groups in total. The van der Waals surface area contributed by atoms with Gasteiger partial charge in [-0.3, -0.25) is 0 Å². The number of anilines is 1. The van der Waals surface area contributed by atoms with Crippen molar-refractivity contribution in [3.63, 3.8) is 0 Å². The summed E-state index contributed by atoms with van der Waals surface area (Å²) in [6, 6.07) is 13.0. The summed E-state index contributed by atoms with van der Waals surface area (Å²) in [6.45, 7) is 17.1. The number of thiazole rings is 1. The number of hydrogen-bond acceptors (Lipinski definition) is 5. The molecule has 206 valence electrons. The molecule has 38 heavy (non-hydrogen) atoms. The van der Waals surface area contributed by atoms with Gasteiger partial charge in [-0.25, -0.2) is 13.4 Å². The van der Waals surface area contributed by atoms with Gasteiger partial charge in [0.15, 0.2) is 5.13 Å². The molecule has 0 bridgehead atoms. The Labute approximate surface area is 234 Å². The Morgan fingerprint density at radius 1 is 0.842 bits per heavy atom. The molecule has 1 fully saturated rings. The van der Waals surface area contributed by atoms with E-state index < -0.39 is 10.0 Å². The van der Waals surface area contributed by atoms with E-state index in [4.69, 9.17) is 4.98 Å². The van der Waals surface area contributed by atoms with Crippen molar-refractivity contribution >= 4 is 26.5 Å². The molecule has 1 aliphatic heterocycles. The van der Waals surface area contributed by atoms with Crippen LogP contribution in [0.4, 0.5) is 5.13 Å². The highest BCUT2D eigenvalue weighted by atomic mass is 32.2. The van der Waals surface area contributed by atoms with Crippen LogP contribution >= 0.6 is 11.3 Å². The third kappa shape index (κ3) is 6.16. The first-order chi connectivity index (χ1) is 18.0. The second-order valence-electron chi connectivity index (χ2n) is 11.4. The van der Waals surface area contributed by atoms with Crippen LogP contribution in [0.3, 0.4) is 0 Å². The second-order valence-corrected chi connectivity index (χ2v) is 14.1. The average molecular weight is 554 g/mol. The zero-order chi connectivity index (χ0) is 27.6. The fraction of sp³-hybridized carbons (Fsp3) is 0.516. The van der Waals surface area contributed by atoms with Crippen LogP contribution in [-0.4, -0.2) is 43.9 Å². The monoisotopic (exact) mass is 553 g/mol. The molecule has 0 radical (unpaired) electrons. The van der Waals surface area contributed by atoms with E-state index in [1.807, 2.05) is 0 Å². The Hall–Kier alpha value is -2.22. The molecule has 0 spiro atoms. The topological polar surface area (TPSA) is 53.5 Å². The molecule has 0 saturated carbocycles. The summed E-state index contributed by atoms with van der Waals surface area (Å²) in [4.78, 5) is 7.66. The van der Waals surface area contributed by atoms with Gasteiger partial charge in [0.05, 0.1) is 10.6 Å². The zero-order valence-electron chi connectivity index (χ0n) is 24.0. The summed E-state index contributed by atoms with van der Waals surface area (Å²) in [5.74, 6) is 0.609. The predicted molar refractivity (Wildman–Crippen MR) is 160 cm³/mol. The maximum absolute atomic E-state index is 14.1. The van der Waals surface area contributed by atoms with Gasteiger partial charge < -0.3 is 4.90 Å². The smallest absolute Gasteiger partial charge is 0.243 e. The molecule has 0 amide bonds. The van der Waals surface area contributed by atoms with Gasteiger partial charge in [0.2, 0.25) is 10.0 Å².